The summed E-state index contributed by atoms with van der Waals surface area (Å²) in [4.78, 5) is 16.5. The standard InChI is InChI=1S/C17H26N6O2/c1-21(2)14(15-7-5-9-25-15)10-18-17(24)23-8-4-6-13(11-23)16-20-19-12-22(16)3/h5,7,9,12-14H,4,6,8,10-11H2,1-3H3,(H,18,24). The van der Waals surface area contributed by atoms with Crippen LogP contribution in [0.5, 0.6) is 0 Å². The van der Waals surface area contributed by atoms with Gasteiger partial charge >= 0.3 is 6.03 Å². The van der Waals surface area contributed by atoms with Crippen molar-refractivity contribution in [2.24, 2.45) is 7.05 Å². The van der Waals surface area contributed by atoms with Crippen molar-refractivity contribution in [3.05, 3.63) is 36.3 Å². The second-order valence-corrected chi connectivity index (χ2v) is 6.77. The summed E-state index contributed by atoms with van der Waals surface area (Å²) in [5.41, 5.74) is 0. The number of hydrogen-bond acceptors (Lipinski definition) is 5. The topological polar surface area (TPSA) is 79.4 Å². The number of nitrogens with zero attached hydrogens (tertiary/aromatic N) is 5. The van der Waals surface area contributed by atoms with Crippen LogP contribution >= 0.6 is 0 Å². The summed E-state index contributed by atoms with van der Waals surface area (Å²) >= 11 is 0. The smallest absolute Gasteiger partial charge is 0.317 e. The summed E-state index contributed by atoms with van der Waals surface area (Å²) in [7, 11) is 5.90. The Bertz CT molecular complexity index is 681. The van der Waals surface area contributed by atoms with Crippen molar-refractivity contribution in [3.8, 4) is 0 Å². The SMILES string of the molecule is CN(C)C(CNC(=O)N1CCCC(c2nncn2C)C1)c1ccco1. The molecule has 2 unspecified atom stereocenters. The van der Waals surface area contributed by atoms with Crippen LogP contribution < -0.4 is 5.32 Å². The van der Waals surface area contributed by atoms with Crippen molar-refractivity contribution < 1.29 is 9.21 Å². The molecule has 3 heterocycles. The van der Waals surface area contributed by atoms with Gasteiger partial charge in [0.05, 0.1) is 12.3 Å². The molecule has 0 aliphatic carbocycles. The molecule has 0 bridgehead atoms. The molecular weight excluding hydrogens is 320 g/mol. The fourth-order valence-electron chi connectivity index (χ4n) is 3.35. The van der Waals surface area contributed by atoms with E-state index < -0.39 is 0 Å². The number of carbonyl (C=O) groups is 1. The van der Waals surface area contributed by atoms with E-state index in [0.717, 1.165) is 31.0 Å². The molecule has 0 radical (unpaired) electrons. The van der Waals surface area contributed by atoms with Gasteiger partial charge in [0.25, 0.3) is 0 Å². The maximum Gasteiger partial charge on any atom is 0.317 e. The molecule has 1 fully saturated rings. The van der Waals surface area contributed by atoms with Gasteiger partial charge in [-0.3, -0.25) is 4.90 Å². The number of likely N-dealkylation sites (N-methyl/N-ethyl adjacent to an activating group) is 1. The van der Waals surface area contributed by atoms with Gasteiger partial charge in [-0.2, -0.15) is 0 Å². The van der Waals surface area contributed by atoms with Crippen LogP contribution in [0, 0.1) is 0 Å². The zero-order valence-corrected chi connectivity index (χ0v) is 15.1. The first-order valence-corrected chi connectivity index (χ1v) is 8.62. The van der Waals surface area contributed by atoms with E-state index in [0.29, 0.717) is 13.1 Å². The van der Waals surface area contributed by atoms with Gasteiger partial charge in [-0.05, 0) is 39.1 Å². The van der Waals surface area contributed by atoms with E-state index in [2.05, 4.69) is 15.5 Å². The Labute approximate surface area is 147 Å². The van der Waals surface area contributed by atoms with Crippen molar-refractivity contribution >= 4 is 6.03 Å². The zero-order chi connectivity index (χ0) is 17.8. The van der Waals surface area contributed by atoms with E-state index >= 15 is 0 Å². The number of carbonyl (C=O) groups excluding carboxylic acids is 1. The van der Waals surface area contributed by atoms with E-state index in [1.165, 1.54) is 0 Å². The predicted molar refractivity (Wildman–Crippen MR) is 93.1 cm³/mol. The Kier molecular flexibility index (Phi) is 5.37. The summed E-state index contributed by atoms with van der Waals surface area (Å²) in [5.74, 6) is 2.03. The largest absolute Gasteiger partial charge is 0.468 e. The molecule has 1 aliphatic rings. The summed E-state index contributed by atoms with van der Waals surface area (Å²) in [6.45, 7) is 1.95. The minimum Gasteiger partial charge on any atom is -0.468 e. The summed E-state index contributed by atoms with van der Waals surface area (Å²) in [5, 5.41) is 11.2. The molecular formula is C17H26N6O2. The molecule has 25 heavy (non-hydrogen) atoms. The van der Waals surface area contributed by atoms with E-state index in [9.17, 15) is 4.79 Å². The molecule has 1 N–H and O–H groups in total. The van der Waals surface area contributed by atoms with Crippen LogP contribution in [0.15, 0.2) is 29.1 Å². The quantitative estimate of drug-likeness (QED) is 0.889. The summed E-state index contributed by atoms with van der Waals surface area (Å²) in [6.07, 6.45) is 5.37. The fourth-order valence-corrected chi connectivity index (χ4v) is 3.35. The first kappa shape index (κ1) is 17.5. The Morgan fingerprint density at radius 1 is 1.52 bits per heavy atom. The molecule has 136 valence electrons. The number of aromatic nitrogens is 3. The number of amides is 2. The van der Waals surface area contributed by atoms with E-state index in [1.54, 1.807) is 12.6 Å². The maximum absolute atomic E-state index is 12.6. The van der Waals surface area contributed by atoms with Gasteiger partial charge in [0.1, 0.15) is 17.9 Å². The number of piperidine rings is 1. The fraction of sp³-hybridized carbons (Fsp3) is 0.588. The number of nitrogens with one attached hydrogen (secondary N) is 1. The third-order valence-electron chi connectivity index (χ3n) is 4.76. The van der Waals surface area contributed by atoms with Crippen molar-refractivity contribution in [2.45, 2.75) is 24.8 Å². The first-order valence-electron chi connectivity index (χ1n) is 8.62. The maximum atomic E-state index is 12.6. The highest BCUT2D eigenvalue weighted by Crippen LogP contribution is 2.25. The normalized spacial score (nSPS) is 19.2. The molecule has 0 saturated carbocycles. The van der Waals surface area contributed by atoms with Crippen LogP contribution in [0.2, 0.25) is 0 Å². The number of urea groups is 1. The van der Waals surface area contributed by atoms with Gasteiger partial charge in [-0.1, -0.05) is 0 Å². The van der Waals surface area contributed by atoms with Gasteiger partial charge < -0.3 is 19.2 Å². The second-order valence-electron chi connectivity index (χ2n) is 6.77. The Balaban J connectivity index is 1.58. The van der Waals surface area contributed by atoms with Crippen LogP contribution in [0.3, 0.4) is 0 Å². The van der Waals surface area contributed by atoms with Gasteiger partial charge in [-0.15, -0.1) is 10.2 Å². The molecule has 0 spiro atoms. The number of hydrogen-bond donors (Lipinski definition) is 1. The van der Waals surface area contributed by atoms with Crippen molar-refractivity contribution in [1.29, 1.82) is 0 Å². The Morgan fingerprint density at radius 3 is 3.00 bits per heavy atom. The summed E-state index contributed by atoms with van der Waals surface area (Å²) < 4.78 is 7.42. The lowest BCUT2D eigenvalue weighted by Crippen LogP contribution is -2.47. The van der Waals surface area contributed by atoms with Crippen LogP contribution in [0.1, 0.15) is 36.4 Å². The predicted octanol–water partition coefficient (Wildman–Crippen LogP) is 1.60. The number of aryl methyl sites for hydroxylation is 1. The van der Waals surface area contributed by atoms with E-state index in [1.807, 2.05) is 47.6 Å². The highest BCUT2D eigenvalue weighted by atomic mass is 16.3. The Morgan fingerprint density at radius 2 is 2.36 bits per heavy atom. The molecule has 8 nitrogen and oxygen atoms in total. The molecule has 1 aliphatic heterocycles. The van der Waals surface area contributed by atoms with Crippen LogP contribution in [-0.2, 0) is 7.05 Å². The first-order chi connectivity index (χ1) is 12.1. The minimum atomic E-state index is -0.0368. The van der Waals surface area contributed by atoms with Gasteiger partial charge in [-0.25, -0.2) is 4.79 Å². The van der Waals surface area contributed by atoms with Crippen molar-refractivity contribution in [2.75, 3.05) is 33.7 Å². The molecule has 1 saturated heterocycles. The van der Waals surface area contributed by atoms with E-state index in [4.69, 9.17) is 4.42 Å². The Hall–Kier alpha value is -2.35. The van der Waals surface area contributed by atoms with Gasteiger partial charge in [0.2, 0.25) is 0 Å². The molecule has 2 aromatic heterocycles. The monoisotopic (exact) mass is 346 g/mol. The van der Waals surface area contributed by atoms with Gasteiger partial charge in [0, 0.05) is 32.6 Å². The van der Waals surface area contributed by atoms with Crippen molar-refractivity contribution in [3.63, 3.8) is 0 Å². The number of furan rings is 1. The molecule has 2 atom stereocenters. The minimum absolute atomic E-state index is 0.0123. The van der Waals surface area contributed by atoms with Crippen LogP contribution in [0.4, 0.5) is 4.79 Å². The molecule has 8 heteroatoms. The third-order valence-corrected chi connectivity index (χ3v) is 4.76. The third kappa shape index (κ3) is 4.01. The number of rotatable bonds is 5. The molecule has 3 rings (SSSR count). The average molecular weight is 346 g/mol. The number of likely N-dealkylation sites (tertiary alicyclic amines) is 1. The van der Waals surface area contributed by atoms with E-state index in [-0.39, 0.29) is 18.0 Å². The lowest BCUT2D eigenvalue weighted by atomic mass is 9.97. The second kappa shape index (κ2) is 7.69. The average Bonchev–Trinajstić information content (AvgIpc) is 3.26. The lowest BCUT2D eigenvalue weighted by Gasteiger charge is -2.33. The molecule has 2 amide bonds. The molecule has 2 aromatic rings. The van der Waals surface area contributed by atoms with Gasteiger partial charge in [0.15, 0.2) is 0 Å². The summed E-state index contributed by atoms with van der Waals surface area (Å²) in [6, 6.07) is 3.77. The van der Waals surface area contributed by atoms with Crippen LogP contribution in [0.25, 0.3) is 0 Å². The zero-order valence-electron chi connectivity index (χ0n) is 15.1. The highest BCUT2D eigenvalue weighted by Gasteiger charge is 2.28. The van der Waals surface area contributed by atoms with Crippen molar-refractivity contribution in [1.82, 2.24) is 29.9 Å². The van der Waals surface area contributed by atoms with Crippen LogP contribution in [-0.4, -0.2) is 64.3 Å². The molecule has 0 aromatic carbocycles. The highest BCUT2D eigenvalue weighted by molar-refractivity contribution is 5.74. The lowest BCUT2D eigenvalue weighted by molar-refractivity contribution is 0.171.